The van der Waals surface area contributed by atoms with Crippen LogP contribution in [-0.2, 0) is 7.05 Å². The molecule has 21 heavy (non-hydrogen) atoms. The van der Waals surface area contributed by atoms with Crippen molar-refractivity contribution >= 4 is 27.5 Å². The molecule has 1 aromatic heterocycles. The largest absolute Gasteiger partial charge is 0.344 e. The molecular weight excluding hydrogens is 338 g/mol. The van der Waals surface area contributed by atoms with Crippen molar-refractivity contribution in [3.05, 3.63) is 28.1 Å². The Kier molecular flexibility index (Phi) is 4.70. The van der Waals surface area contributed by atoms with Crippen LogP contribution < -0.4 is 5.32 Å². The van der Waals surface area contributed by atoms with Gasteiger partial charge in [-0.2, -0.15) is 0 Å². The van der Waals surface area contributed by atoms with Gasteiger partial charge in [-0.1, -0.05) is 22.9 Å². The number of alkyl halides is 1. The lowest BCUT2D eigenvalue weighted by Gasteiger charge is -2.38. The molecule has 116 valence electrons. The summed E-state index contributed by atoms with van der Waals surface area (Å²) in [5.41, 5.74) is 0.0105. The number of carbonyl (C=O) groups excluding carboxylic acids is 1. The number of nitro groups is 1. The summed E-state index contributed by atoms with van der Waals surface area (Å²) in [5.74, 6) is 0.435. The third kappa shape index (κ3) is 3.45. The molecule has 0 aliphatic heterocycles. The van der Waals surface area contributed by atoms with Gasteiger partial charge in [0.2, 0.25) is 0 Å². The van der Waals surface area contributed by atoms with E-state index in [1.807, 2.05) is 0 Å². The molecule has 1 aliphatic carbocycles. The van der Waals surface area contributed by atoms with E-state index in [0.717, 1.165) is 25.7 Å². The molecule has 2 rings (SSSR count). The van der Waals surface area contributed by atoms with E-state index in [0.29, 0.717) is 16.9 Å². The lowest BCUT2D eigenvalue weighted by Crippen LogP contribution is -2.52. The van der Waals surface area contributed by atoms with Crippen molar-refractivity contribution in [2.75, 3.05) is 5.33 Å². The van der Waals surface area contributed by atoms with Crippen LogP contribution in [0.25, 0.3) is 0 Å². The number of nitrogens with one attached hydrogen (secondary N) is 1. The predicted octanol–water partition coefficient (Wildman–Crippen LogP) is 3.01. The van der Waals surface area contributed by atoms with E-state index in [9.17, 15) is 14.9 Å². The van der Waals surface area contributed by atoms with Gasteiger partial charge in [-0.05, 0) is 31.6 Å². The van der Waals surface area contributed by atoms with Crippen LogP contribution in [0.3, 0.4) is 0 Å². The maximum Gasteiger partial charge on any atom is 0.287 e. The number of aryl methyl sites for hydroxylation is 1. The van der Waals surface area contributed by atoms with Gasteiger partial charge in [0, 0.05) is 18.4 Å². The molecule has 7 heteroatoms. The van der Waals surface area contributed by atoms with E-state index in [1.54, 1.807) is 7.05 Å². The molecule has 1 aromatic rings. The first-order valence-electron chi connectivity index (χ1n) is 7.06. The highest BCUT2D eigenvalue weighted by atomic mass is 79.9. The topological polar surface area (TPSA) is 77.2 Å². The Morgan fingerprint density at radius 1 is 1.57 bits per heavy atom. The van der Waals surface area contributed by atoms with Gasteiger partial charge in [0.15, 0.2) is 0 Å². The Labute approximate surface area is 132 Å². The molecule has 0 aromatic carbocycles. The molecule has 0 atom stereocenters. The zero-order valence-corrected chi connectivity index (χ0v) is 13.9. The highest BCUT2D eigenvalue weighted by Gasteiger charge is 2.35. The van der Waals surface area contributed by atoms with Gasteiger partial charge in [0.05, 0.1) is 16.7 Å². The lowest BCUT2D eigenvalue weighted by atomic mass is 9.78. The highest BCUT2D eigenvalue weighted by molar-refractivity contribution is 9.09. The Morgan fingerprint density at radius 2 is 2.19 bits per heavy atom. The van der Waals surface area contributed by atoms with E-state index in [2.05, 4.69) is 28.2 Å². The number of halogens is 1. The van der Waals surface area contributed by atoms with Gasteiger partial charge in [-0.15, -0.1) is 0 Å². The maximum absolute atomic E-state index is 12.4. The number of rotatable bonds is 4. The molecule has 1 aliphatic rings. The van der Waals surface area contributed by atoms with E-state index < -0.39 is 4.92 Å². The van der Waals surface area contributed by atoms with Crippen LogP contribution in [0.15, 0.2) is 12.3 Å². The smallest absolute Gasteiger partial charge is 0.287 e. The van der Waals surface area contributed by atoms with Gasteiger partial charge in [0.25, 0.3) is 11.6 Å². The van der Waals surface area contributed by atoms with Gasteiger partial charge < -0.3 is 9.88 Å². The summed E-state index contributed by atoms with van der Waals surface area (Å²) in [6.45, 7) is 2.22. The molecule has 1 heterocycles. The van der Waals surface area contributed by atoms with Gasteiger partial charge in [-0.3, -0.25) is 14.9 Å². The first-order valence-corrected chi connectivity index (χ1v) is 8.18. The zero-order valence-electron chi connectivity index (χ0n) is 12.3. The van der Waals surface area contributed by atoms with Crippen LogP contribution in [0.4, 0.5) is 5.69 Å². The summed E-state index contributed by atoms with van der Waals surface area (Å²) < 4.78 is 1.50. The molecule has 0 radical (unpaired) electrons. The van der Waals surface area contributed by atoms with Gasteiger partial charge in [-0.25, -0.2) is 0 Å². The molecule has 0 spiro atoms. The van der Waals surface area contributed by atoms with E-state index >= 15 is 0 Å². The fraction of sp³-hybridized carbons (Fsp3) is 0.643. The number of carbonyl (C=O) groups is 1. The molecule has 1 saturated carbocycles. The van der Waals surface area contributed by atoms with Crippen LogP contribution in [0.1, 0.15) is 43.1 Å². The Balaban J connectivity index is 2.15. The van der Waals surface area contributed by atoms with Gasteiger partial charge in [0.1, 0.15) is 5.69 Å². The third-order valence-corrected chi connectivity index (χ3v) is 5.37. The molecule has 6 nitrogen and oxygen atoms in total. The van der Waals surface area contributed by atoms with E-state index in [4.69, 9.17) is 0 Å². The Hall–Kier alpha value is -1.37. The number of aromatic nitrogens is 1. The van der Waals surface area contributed by atoms with Crippen LogP contribution in [0.2, 0.25) is 0 Å². The van der Waals surface area contributed by atoms with Crippen molar-refractivity contribution in [1.29, 1.82) is 0 Å². The quantitative estimate of drug-likeness (QED) is 0.511. The summed E-state index contributed by atoms with van der Waals surface area (Å²) in [5, 5.41) is 14.6. The van der Waals surface area contributed by atoms with Crippen molar-refractivity contribution in [3.63, 3.8) is 0 Å². The highest BCUT2D eigenvalue weighted by Crippen LogP contribution is 2.33. The molecule has 1 fully saturated rings. The average Bonchev–Trinajstić information content (AvgIpc) is 2.84. The fourth-order valence-electron chi connectivity index (χ4n) is 2.78. The lowest BCUT2D eigenvalue weighted by molar-refractivity contribution is -0.384. The normalized spacial score (nSPS) is 25.6. The first kappa shape index (κ1) is 16.0. The van der Waals surface area contributed by atoms with Crippen molar-refractivity contribution in [1.82, 2.24) is 9.88 Å². The monoisotopic (exact) mass is 357 g/mol. The predicted molar refractivity (Wildman–Crippen MR) is 83.7 cm³/mol. The van der Waals surface area contributed by atoms with Crippen LogP contribution in [0.5, 0.6) is 0 Å². The molecule has 1 amide bonds. The van der Waals surface area contributed by atoms with Crippen LogP contribution >= 0.6 is 15.9 Å². The van der Waals surface area contributed by atoms with Crippen molar-refractivity contribution in [2.45, 2.75) is 38.1 Å². The van der Waals surface area contributed by atoms with Crippen LogP contribution in [-0.4, -0.2) is 26.3 Å². The summed E-state index contributed by atoms with van der Waals surface area (Å²) in [7, 11) is 1.64. The third-order valence-electron chi connectivity index (χ3n) is 4.30. The average molecular weight is 358 g/mol. The SMILES string of the molecule is CC1CCC(CBr)(NC(=O)c2cc([N+](=O)[O-])cn2C)CC1. The second-order valence-corrected chi connectivity index (χ2v) is 6.56. The minimum atomic E-state index is -0.487. The molecular formula is C14H20BrN3O3. The summed E-state index contributed by atoms with van der Waals surface area (Å²) >= 11 is 3.51. The Morgan fingerprint density at radius 3 is 2.67 bits per heavy atom. The minimum absolute atomic E-state index is 0.0622. The zero-order chi connectivity index (χ0) is 15.6. The molecule has 0 bridgehead atoms. The number of amides is 1. The molecule has 0 saturated heterocycles. The molecule has 1 N–H and O–H groups in total. The van der Waals surface area contributed by atoms with Crippen molar-refractivity contribution < 1.29 is 9.72 Å². The summed E-state index contributed by atoms with van der Waals surface area (Å²) in [6.07, 6.45) is 5.38. The van der Waals surface area contributed by atoms with Crippen molar-refractivity contribution in [3.8, 4) is 0 Å². The molecule has 0 unspecified atom stereocenters. The van der Waals surface area contributed by atoms with E-state index in [-0.39, 0.29) is 17.1 Å². The second-order valence-electron chi connectivity index (χ2n) is 6.00. The number of nitrogens with zero attached hydrogens (tertiary/aromatic N) is 2. The number of hydrogen-bond donors (Lipinski definition) is 1. The maximum atomic E-state index is 12.4. The standard InChI is InChI=1S/C14H20BrN3O3/c1-10-3-5-14(9-15,6-4-10)16-13(19)12-7-11(18(20)21)8-17(12)2/h7-8,10H,3-6,9H2,1-2H3,(H,16,19). The number of hydrogen-bond acceptors (Lipinski definition) is 3. The second kappa shape index (κ2) is 6.17. The summed E-state index contributed by atoms with van der Waals surface area (Å²) in [6, 6.07) is 1.32. The Bertz CT molecular complexity index is 548. The summed E-state index contributed by atoms with van der Waals surface area (Å²) in [4.78, 5) is 22.7. The van der Waals surface area contributed by atoms with Gasteiger partial charge >= 0.3 is 0 Å². The van der Waals surface area contributed by atoms with Crippen LogP contribution in [0, 0.1) is 16.0 Å². The van der Waals surface area contributed by atoms with E-state index in [1.165, 1.54) is 16.8 Å². The first-order chi connectivity index (χ1) is 9.87. The fourth-order valence-corrected chi connectivity index (χ4v) is 3.49. The minimum Gasteiger partial charge on any atom is -0.344 e. The van der Waals surface area contributed by atoms with Crippen molar-refractivity contribution in [2.24, 2.45) is 13.0 Å².